The third-order valence-corrected chi connectivity index (χ3v) is 3.40. The van der Waals surface area contributed by atoms with E-state index < -0.39 is 29.6 Å². The number of amides is 1. The van der Waals surface area contributed by atoms with Gasteiger partial charge in [-0.2, -0.15) is 0 Å². The second-order valence-electron chi connectivity index (χ2n) is 5.24. The highest BCUT2D eigenvalue weighted by atomic mass is 19.1. The number of nitrogens with one attached hydrogen (secondary N) is 1. The molecule has 0 fully saturated rings. The number of esters is 1. The third kappa shape index (κ3) is 5.00. The molecular formula is C18H17F2NO4. The first-order valence-corrected chi connectivity index (χ1v) is 7.47. The normalized spacial score (nSPS) is 11.5. The molecule has 0 aliphatic carbocycles. The Kier molecular flexibility index (Phi) is 6.05. The van der Waals surface area contributed by atoms with E-state index in [0.29, 0.717) is 11.8 Å². The number of halogens is 2. The molecular weight excluding hydrogens is 332 g/mol. The fourth-order valence-electron chi connectivity index (χ4n) is 2.13. The average Bonchev–Trinajstić information content (AvgIpc) is 2.58. The summed E-state index contributed by atoms with van der Waals surface area (Å²) in [7, 11) is 1.52. The first-order chi connectivity index (χ1) is 11.9. The van der Waals surface area contributed by atoms with E-state index in [1.807, 2.05) is 0 Å². The predicted molar refractivity (Wildman–Crippen MR) is 86.1 cm³/mol. The summed E-state index contributed by atoms with van der Waals surface area (Å²) in [5, 5.41) is 2.61. The van der Waals surface area contributed by atoms with E-state index >= 15 is 0 Å². The van der Waals surface area contributed by atoms with Crippen molar-refractivity contribution < 1.29 is 27.8 Å². The number of benzene rings is 2. The molecule has 2 rings (SSSR count). The van der Waals surface area contributed by atoms with Crippen LogP contribution in [0.15, 0.2) is 42.5 Å². The maximum Gasteiger partial charge on any atom is 0.339 e. The molecule has 0 saturated heterocycles. The van der Waals surface area contributed by atoms with Crippen LogP contribution in [0.3, 0.4) is 0 Å². The summed E-state index contributed by atoms with van der Waals surface area (Å²) >= 11 is 0. The third-order valence-electron chi connectivity index (χ3n) is 3.40. The number of ether oxygens (including phenoxy) is 2. The predicted octanol–water partition coefficient (Wildman–Crippen LogP) is 2.84. The smallest absolute Gasteiger partial charge is 0.339 e. The molecule has 25 heavy (non-hydrogen) atoms. The van der Waals surface area contributed by atoms with Crippen LogP contribution >= 0.6 is 0 Å². The second-order valence-corrected chi connectivity index (χ2v) is 5.24. The van der Waals surface area contributed by atoms with Crippen molar-refractivity contribution in [3.63, 3.8) is 0 Å². The van der Waals surface area contributed by atoms with Crippen molar-refractivity contribution in [3.8, 4) is 5.75 Å². The molecule has 2 aromatic carbocycles. The first-order valence-electron chi connectivity index (χ1n) is 7.47. The van der Waals surface area contributed by atoms with Crippen LogP contribution in [0.2, 0.25) is 0 Å². The Morgan fingerprint density at radius 1 is 1.12 bits per heavy atom. The average molecular weight is 349 g/mol. The summed E-state index contributed by atoms with van der Waals surface area (Å²) in [6.45, 7) is 1.55. The summed E-state index contributed by atoms with van der Waals surface area (Å²) in [6, 6.07) is 9.45. The molecule has 0 spiro atoms. The van der Waals surface area contributed by atoms with Crippen LogP contribution < -0.4 is 10.1 Å². The second kappa shape index (κ2) is 8.23. The summed E-state index contributed by atoms with van der Waals surface area (Å²) in [4.78, 5) is 23.9. The van der Waals surface area contributed by atoms with Gasteiger partial charge in [0.15, 0.2) is 6.10 Å². The lowest BCUT2D eigenvalue weighted by molar-refractivity contribution is -0.129. The van der Waals surface area contributed by atoms with E-state index in [4.69, 9.17) is 9.47 Å². The number of carbonyl (C=O) groups excluding carboxylic acids is 2. The number of hydrogen-bond acceptors (Lipinski definition) is 4. The Balaban J connectivity index is 1.94. The van der Waals surface area contributed by atoms with Crippen molar-refractivity contribution in [1.29, 1.82) is 0 Å². The molecule has 132 valence electrons. The summed E-state index contributed by atoms with van der Waals surface area (Å²) in [5.41, 5.74) is 0.450. The molecule has 1 amide bonds. The van der Waals surface area contributed by atoms with Crippen LogP contribution in [-0.4, -0.2) is 25.1 Å². The van der Waals surface area contributed by atoms with Gasteiger partial charge in [0, 0.05) is 18.2 Å². The van der Waals surface area contributed by atoms with E-state index in [0.717, 1.165) is 17.7 Å². The summed E-state index contributed by atoms with van der Waals surface area (Å²) in [6.07, 6.45) is -1.13. The Morgan fingerprint density at radius 3 is 2.40 bits per heavy atom. The minimum atomic E-state index is -1.13. The number of carbonyl (C=O) groups is 2. The van der Waals surface area contributed by atoms with Crippen molar-refractivity contribution in [1.82, 2.24) is 5.32 Å². The van der Waals surface area contributed by atoms with Gasteiger partial charge in [-0.25, -0.2) is 13.6 Å². The molecule has 0 aromatic heterocycles. The van der Waals surface area contributed by atoms with Gasteiger partial charge in [0.2, 0.25) is 0 Å². The van der Waals surface area contributed by atoms with Gasteiger partial charge < -0.3 is 14.8 Å². The molecule has 2 aromatic rings. The van der Waals surface area contributed by atoms with Crippen LogP contribution in [0.5, 0.6) is 5.75 Å². The van der Waals surface area contributed by atoms with Gasteiger partial charge in [0.25, 0.3) is 5.91 Å². The van der Waals surface area contributed by atoms with Crippen molar-refractivity contribution in [2.75, 3.05) is 7.11 Å². The molecule has 0 radical (unpaired) electrons. The van der Waals surface area contributed by atoms with E-state index in [9.17, 15) is 18.4 Å². The molecule has 7 heteroatoms. The Hall–Kier alpha value is -2.96. The van der Waals surface area contributed by atoms with E-state index in [2.05, 4.69) is 5.32 Å². The highest BCUT2D eigenvalue weighted by molar-refractivity contribution is 5.92. The SMILES string of the molecule is COc1ccccc1CNC(=O)[C@H](C)OC(=O)c1cc(F)cc(F)c1. The molecule has 1 atom stereocenters. The van der Waals surface area contributed by atoms with Crippen LogP contribution in [0.4, 0.5) is 8.78 Å². The molecule has 0 saturated carbocycles. The minimum Gasteiger partial charge on any atom is -0.496 e. The fourth-order valence-corrected chi connectivity index (χ4v) is 2.13. The molecule has 0 bridgehead atoms. The summed E-state index contributed by atoms with van der Waals surface area (Å²) < 4.78 is 36.4. The molecule has 0 heterocycles. The van der Waals surface area contributed by atoms with Gasteiger partial charge in [0.1, 0.15) is 17.4 Å². The topological polar surface area (TPSA) is 64.6 Å². The van der Waals surface area contributed by atoms with Crippen molar-refractivity contribution >= 4 is 11.9 Å². The highest BCUT2D eigenvalue weighted by Crippen LogP contribution is 2.17. The maximum atomic E-state index is 13.1. The zero-order valence-electron chi connectivity index (χ0n) is 13.7. The monoisotopic (exact) mass is 349 g/mol. The molecule has 0 aliphatic rings. The zero-order valence-corrected chi connectivity index (χ0v) is 13.7. The zero-order chi connectivity index (χ0) is 18.4. The number of methoxy groups -OCH3 is 1. The standard InChI is InChI=1S/C18H17F2NO4/c1-11(25-18(23)13-7-14(19)9-15(20)8-13)17(22)21-10-12-5-3-4-6-16(12)24-2/h3-9,11H,10H2,1-2H3,(H,21,22)/t11-/m0/s1. The molecule has 5 nitrogen and oxygen atoms in total. The van der Waals surface area contributed by atoms with Gasteiger partial charge in [-0.15, -0.1) is 0 Å². The lowest BCUT2D eigenvalue weighted by atomic mass is 10.2. The number of hydrogen-bond donors (Lipinski definition) is 1. The van der Waals surface area contributed by atoms with Crippen LogP contribution in [0.1, 0.15) is 22.8 Å². The number of para-hydroxylation sites is 1. The van der Waals surface area contributed by atoms with E-state index in [1.54, 1.807) is 24.3 Å². The first kappa shape index (κ1) is 18.4. The van der Waals surface area contributed by atoms with Gasteiger partial charge >= 0.3 is 5.97 Å². The maximum absolute atomic E-state index is 13.1. The van der Waals surface area contributed by atoms with Crippen LogP contribution in [-0.2, 0) is 16.1 Å². The largest absolute Gasteiger partial charge is 0.496 e. The quantitative estimate of drug-likeness (QED) is 0.815. The van der Waals surface area contributed by atoms with Crippen molar-refractivity contribution in [3.05, 3.63) is 65.2 Å². The molecule has 0 aliphatic heterocycles. The Labute approximate surface area is 143 Å². The molecule has 0 unspecified atom stereocenters. The Bertz CT molecular complexity index is 759. The van der Waals surface area contributed by atoms with Crippen LogP contribution in [0.25, 0.3) is 0 Å². The lowest BCUT2D eigenvalue weighted by Crippen LogP contribution is -2.35. The summed E-state index contributed by atoms with van der Waals surface area (Å²) in [5.74, 6) is -2.72. The number of rotatable bonds is 6. The van der Waals surface area contributed by atoms with E-state index in [-0.39, 0.29) is 12.1 Å². The fraction of sp³-hybridized carbons (Fsp3) is 0.222. The lowest BCUT2D eigenvalue weighted by Gasteiger charge is -2.14. The Morgan fingerprint density at radius 2 is 1.76 bits per heavy atom. The van der Waals surface area contributed by atoms with Gasteiger partial charge in [-0.3, -0.25) is 4.79 Å². The van der Waals surface area contributed by atoms with Crippen molar-refractivity contribution in [2.24, 2.45) is 0 Å². The van der Waals surface area contributed by atoms with E-state index in [1.165, 1.54) is 14.0 Å². The van der Waals surface area contributed by atoms with Crippen LogP contribution in [0, 0.1) is 11.6 Å². The molecule has 1 N–H and O–H groups in total. The highest BCUT2D eigenvalue weighted by Gasteiger charge is 2.20. The van der Waals surface area contributed by atoms with Gasteiger partial charge in [0.05, 0.1) is 12.7 Å². The van der Waals surface area contributed by atoms with Crippen molar-refractivity contribution in [2.45, 2.75) is 19.6 Å². The van der Waals surface area contributed by atoms with Gasteiger partial charge in [-0.05, 0) is 25.1 Å². The van der Waals surface area contributed by atoms with Gasteiger partial charge in [-0.1, -0.05) is 18.2 Å². The minimum absolute atomic E-state index is 0.180.